The fourth-order valence-electron chi connectivity index (χ4n) is 2.56. The molecule has 0 radical (unpaired) electrons. The van der Waals surface area contributed by atoms with Crippen molar-refractivity contribution in [1.29, 1.82) is 0 Å². The number of hydrogen-bond acceptors (Lipinski definition) is 2. The second-order valence-electron chi connectivity index (χ2n) is 3.71. The van der Waals surface area contributed by atoms with Crippen molar-refractivity contribution in [3.63, 3.8) is 0 Å². The molecule has 0 spiro atoms. The smallest absolute Gasteiger partial charge is 0.237 e. The number of nitrogens with two attached hydrogens (primary N) is 1. The summed E-state index contributed by atoms with van der Waals surface area (Å²) in [6.45, 7) is 4.13. The van der Waals surface area contributed by atoms with Crippen molar-refractivity contribution in [2.75, 3.05) is 13.1 Å². The van der Waals surface area contributed by atoms with Gasteiger partial charge in [-0.05, 0) is 25.3 Å². The molecule has 0 aromatic heterocycles. The van der Waals surface area contributed by atoms with E-state index in [0.29, 0.717) is 0 Å². The quantitative estimate of drug-likeness (QED) is 0.606. The molecule has 2 heterocycles. The summed E-state index contributed by atoms with van der Waals surface area (Å²) >= 11 is 0. The second kappa shape index (κ2) is 1.97. The highest BCUT2D eigenvalue weighted by atomic mass is 16.1. The van der Waals surface area contributed by atoms with E-state index in [4.69, 9.17) is 5.73 Å². The van der Waals surface area contributed by atoms with E-state index in [1.165, 1.54) is 0 Å². The van der Waals surface area contributed by atoms with Crippen molar-refractivity contribution in [1.82, 2.24) is 4.90 Å². The average Bonchev–Trinajstić information content (AvgIpc) is 2.37. The number of fused-ring (bicyclic) bond motifs is 1. The van der Waals surface area contributed by atoms with Crippen LogP contribution in [0.5, 0.6) is 0 Å². The molecule has 3 fully saturated rings. The van der Waals surface area contributed by atoms with Crippen molar-refractivity contribution in [2.24, 2.45) is 11.7 Å². The Hall–Kier alpha value is -0.570. The first-order valence-electron chi connectivity index (χ1n) is 4.24. The van der Waals surface area contributed by atoms with Crippen LogP contribution in [0.3, 0.4) is 0 Å². The molecule has 1 amide bonds. The van der Waals surface area contributed by atoms with E-state index in [1.807, 2.05) is 0 Å². The summed E-state index contributed by atoms with van der Waals surface area (Å²) in [5.41, 5.74) is 5.13. The van der Waals surface area contributed by atoms with Gasteiger partial charge in [0.15, 0.2) is 0 Å². The minimum absolute atomic E-state index is 0.117. The first kappa shape index (κ1) is 7.10. The maximum atomic E-state index is 11.1. The fraction of sp³-hybridized carbons (Fsp3) is 0.875. The lowest BCUT2D eigenvalue weighted by Crippen LogP contribution is -2.55. The lowest BCUT2D eigenvalue weighted by molar-refractivity contribution is -0.130. The zero-order chi connectivity index (χ0) is 8.06. The van der Waals surface area contributed by atoms with E-state index in [1.54, 1.807) is 0 Å². The van der Waals surface area contributed by atoms with Crippen LogP contribution in [0.4, 0.5) is 0 Å². The van der Waals surface area contributed by atoms with Gasteiger partial charge in [0.1, 0.15) is 5.54 Å². The van der Waals surface area contributed by atoms with Gasteiger partial charge in [0.05, 0.1) is 0 Å². The minimum Gasteiger partial charge on any atom is -0.368 e. The summed E-state index contributed by atoms with van der Waals surface area (Å²) in [4.78, 5) is 13.3. The summed E-state index contributed by atoms with van der Waals surface area (Å²) in [7, 11) is 0. The largest absolute Gasteiger partial charge is 0.368 e. The van der Waals surface area contributed by atoms with Crippen molar-refractivity contribution in [3.05, 3.63) is 0 Å². The van der Waals surface area contributed by atoms with E-state index in [-0.39, 0.29) is 11.4 Å². The Labute approximate surface area is 66.5 Å². The Bertz CT molecular complexity index is 196. The Balaban J connectivity index is 2.20. The van der Waals surface area contributed by atoms with E-state index < -0.39 is 0 Å². The Morgan fingerprint density at radius 1 is 1.73 bits per heavy atom. The number of hydrogen-bond donors (Lipinski definition) is 1. The van der Waals surface area contributed by atoms with Gasteiger partial charge in [-0.15, -0.1) is 0 Å². The van der Waals surface area contributed by atoms with E-state index in [0.717, 1.165) is 31.8 Å². The van der Waals surface area contributed by atoms with Crippen LogP contribution in [0.25, 0.3) is 0 Å². The normalized spacial score (nSPS) is 42.1. The maximum absolute atomic E-state index is 11.1. The molecule has 3 heteroatoms. The van der Waals surface area contributed by atoms with Gasteiger partial charge >= 0.3 is 0 Å². The van der Waals surface area contributed by atoms with Crippen LogP contribution >= 0.6 is 0 Å². The predicted octanol–water partition coefficient (Wildman–Crippen LogP) is -0.0440. The number of carbonyl (C=O) groups excluding carboxylic acids is 1. The van der Waals surface area contributed by atoms with Crippen molar-refractivity contribution in [3.8, 4) is 0 Å². The Morgan fingerprint density at radius 3 is 2.73 bits per heavy atom. The summed E-state index contributed by atoms with van der Waals surface area (Å²) in [6.07, 6.45) is 2.02. The summed E-state index contributed by atoms with van der Waals surface area (Å²) < 4.78 is 0. The van der Waals surface area contributed by atoms with Gasteiger partial charge in [0.25, 0.3) is 0 Å². The number of nitrogens with zero attached hydrogens (tertiary/aromatic N) is 1. The second-order valence-corrected chi connectivity index (χ2v) is 3.71. The third kappa shape index (κ3) is 0.692. The average molecular weight is 154 g/mol. The maximum Gasteiger partial charge on any atom is 0.237 e. The molecule has 11 heavy (non-hydrogen) atoms. The van der Waals surface area contributed by atoms with Crippen LogP contribution < -0.4 is 5.73 Å². The van der Waals surface area contributed by atoms with Crippen LogP contribution in [-0.2, 0) is 4.79 Å². The molecule has 2 N–H and O–H groups in total. The van der Waals surface area contributed by atoms with Gasteiger partial charge in [-0.2, -0.15) is 0 Å². The molecular formula is C8H14N2O. The summed E-state index contributed by atoms with van der Waals surface area (Å²) in [5, 5.41) is 0. The van der Waals surface area contributed by atoms with Gasteiger partial charge in [0.2, 0.25) is 5.91 Å². The zero-order valence-corrected chi connectivity index (χ0v) is 6.84. The van der Waals surface area contributed by atoms with Crippen LogP contribution in [0.2, 0.25) is 0 Å². The molecule has 1 saturated carbocycles. The number of amides is 1. The Morgan fingerprint density at radius 2 is 2.36 bits per heavy atom. The summed E-state index contributed by atoms with van der Waals surface area (Å²) in [5.74, 6) is 0.635. The van der Waals surface area contributed by atoms with Gasteiger partial charge in [0, 0.05) is 6.54 Å². The van der Waals surface area contributed by atoms with Crippen LogP contribution in [-0.4, -0.2) is 29.4 Å². The van der Waals surface area contributed by atoms with Gasteiger partial charge in [-0.3, -0.25) is 9.69 Å². The van der Waals surface area contributed by atoms with Crippen LogP contribution in [0.1, 0.15) is 19.8 Å². The Kier molecular flexibility index (Phi) is 1.27. The first-order chi connectivity index (χ1) is 5.19. The third-order valence-corrected chi connectivity index (χ3v) is 3.18. The minimum atomic E-state index is -0.223. The monoisotopic (exact) mass is 154 g/mol. The lowest BCUT2D eigenvalue weighted by atomic mass is 9.73. The number of primary amides is 1. The molecule has 0 aromatic rings. The SMILES string of the molecule is CCN1CC2CC1(C(N)=O)C2. The molecule has 2 aliphatic heterocycles. The van der Waals surface area contributed by atoms with Crippen molar-refractivity contribution in [2.45, 2.75) is 25.3 Å². The molecule has 2 bridgehead atoms. The van der Waals surface area contributed by atoms with E-state index in [2.05, 4.69) is 11.8 Å². The molecule has 3 rings (SSSR count). The molecule has 62 valence electrons. The zero-order valence-electron chi connectivity index (χ0n) is 6.84. The van der Waals surface area contributed by atoms with Gasteiger partial charge in [-0.25, -0.2) is 0 Å². The van der Waals surface area contributed by atoms with E-state index >= 15 is 0 Å². The highest BCUT2D eigenvalue weighted by Gasteiger charge is 2.59. The molecule has 3 aliphatic rings. The van der Waals surface area contributed by atoms with Crippen LogP contribution in [0, 0.1) is 5.92 Å². The molecule has 3 nitrogen and oxygen atoms in total. The molecule has 0 aromatic carbocycles. The topological polar surface area (TPSA) is 46.3 Å². The first-order valence-corrected chi connectivity index (χ1v) is 4.24. The number of rotatable bonds is 2. The number of carbonyl (C=O) groups is 1. The van der Waals surface area contributed by atoms with Crippen LogP contribution in [0.15, 0.2) is 0 Å². The molecule has 2 saturated heterocycles. The third-order valence-electron chi connectivity index (χ3n) is 3.18. The lowest BCUT2D eigenvalue weighted by Gasteiger charge is -2.38. The number of likely N-dealkylation sites (N-methyl/N-ethyl adjacent to an activating group) is 1. The molecule has 1 aliphatic carbocycles. The molecular weight excluding hydrogens is 140 g/mol. The van der Waals surface area contributed by atoms with Gasteiger partial charge < -0.3 is 5.73 Å². The standard InChI is InChI=1S/C8H14N2O/c1-2-10-5-6-3-8(10,4-6)7(9)11/h6H,2-5H2,1H3,(H2,9,11). The highest BCUT2D eigenvalue weighted by molar-refractivity contribution is 5.86. The molecule has 0 atom stereocenters. The van der Waals surface area contributed by atoms with Crippen molar-refractivity contribution >= 4 is 5.91 Å². The summed E-state index contributed by atoms with van der Waals surface area (Å²) in [6, 6.07) is 0. The van der Waals surface area contributed by atoms with Gasteiger partial charge in [-0.1, -0.05) is 6.92 Å². The highest BCUT2D eigenvalue weighted by Crippen LogP contribution is 2.49. The van der Waals surface area contributed by atoms with E-state index in [9.17, 15) is 4.79 Å². The van der Waals surface area contributed by atoms with Crippen molar-refractivity contribution < 1.29 is 4.79 Å². The predicted molar refractivity (Wildman–Crippen MR) is 41.9 cm³/mol. The fourth-order valence-corrected chi connectivity index (χ4v) is 2.56. The molecule has 0 unspecified atom stereocenters.